The molecule has 1 aromatic heterocycles. The number of para-hydroxylation sites is 1. The van der Waals surface area contributed by atoms with Crippen LogP contribution in [0.15, 0.2) is 66.9 Å². The molecule has 1 amide bonds. The molecule has 0 spiro atoms. The van der Waals surface area contributed by atoms with E-state index in [1.165, 1.54) is 0 Å². The van der Waals surface area contributed by atoms with E-state index in [1.807, 2.05) is 43.3 Å². The first-order valence-corrected chi connectivity index (χ1v) is 8.20. The van der Waals surface area contributed by atoms with E-state index in [4.69, 9.17) is 16.3 Å². The number of nitrogens with one attached hydrogen (secondary N) is 1. The third-order valence-electron chi connectivity index (χ3n) is 3.63. The molecule has 4 nitrogen and oxygen atoms in total. The fraction of sp³-hybridized carbons (Fsp3) is 0.100. The molecule has 126 valence electrons. The molecule has 0 saturated heterocycles. The number of rotatable bonds is 5. The molecule has 0 saturated carbocycles. The predicted molar refractivity (Wildman–Crippen MR) is 99.2 cm³/mol. The van der Waals surface area contributed by atoms with E-state index in [2.05, 4.69) is 10.3 Å². The van der Waals surface area contributed by atoms with Crippen LogP contribution in [0.3, 0.4) is 0 Å². The van der Waals surface area contributed by atoms with Gasteiger partial charge in [0.05, 0.1) is 5.56 Å². The van der Waals surface area contributed by atoms with E-state index in [-0.39, 0.29) is 12.5 Å². The highest BCUT2D eigenvalue weighted by atomic mass is 35.5. The Kier molecular flexibility index (Phi) is 5.31. The van der Waals surface area contributed by atoms with E-state index >= 15 is 0 Å². The van der Waals surface area contributed by atoms with Crippen LogP contribution in [0.5, 0.6) is 5.75 Å². The number of aromatic nitrogens is 1. The van der Waals surface area contributed by atoms with Crippen molar-refractivity contribution in [2.75, 3.05) is 5.32 Å². The van der Waals surface area contributed by atoms with Crippen LogP contribution in [0.1, 0.15) is 21.5 Å². The van der Waals surface area contributed by atoms with Gasteiger partial charge in [-0.15, -0.1) is 0 Å². The Morgan fingerprint density at radius 3 is 2.60 bits per heavy atom. The maximum absolute atomic E-state index is 12.5. The lowest BCUT2D eigenvalue weighted by molar-refractivity contribution is 0.102. The fourth-order valence-electron chi connectivity index (χ4n) is 2.28. The molecular weight excluding hydrogens is 336 g/mol. The molecule has 0 atom stereocenters. The molecule has 0 aliphatic carbocycles. The van der Waals surface area contributed by atoms with Gasteiger partial charge in [0.25, 0.3) is 5.91 Å². The highest BCUT2D eigenvalue weighted by molar-refractivity contribution is 6.31. The first-order chi connectivity index (χ1) is 12.1. The summed E-state index contributed by atoms with van der Waals surface area (Å²) in [5, 5.41) is 3.41. The number of benzene rings is 2. The summed E-state index contributed by atoms with van der Waals surface area (Å²) in [6.07, 6.45) is 1.70. The van der Waals surface area contributed by atoms with Crippen molar-refractivity contribution in [3.05, 3.63) is 88.6 Å². The number of hydrogen-bond acceptors (Lipinski definition) is 3. The average Bonchev–Trinajstić information content (AvgIpc) is 2.63. The van der Waals surface area contributed by atoms with Crippen molar-refractivity contribution in [2.45, 2.75) is 13.5 Å². The largest absolute Gasteiger partial charge is 0.488 e. The van der Waals surface area contributed by atoms with Crippen LogP contribution in [0.25, 0.3) is 0 Å². The molecule has 0 bridgehead atoms. The van der Waals surface area contributed by atoms with Gasteiger partial charge in [-0.25, -0.2) is 4.98 Å². The topological polar surface area (TPSA) is 51.2 Å². The Morgan fingerprint density at radius 2 is 1.84 bits per heavy atom. The van der Waals surface area contributed by atoms with Gasteiger partial charge in [0.15, 0.2) is 0 Å². The number of carbonyl (C=O) groups is 1. The summed E-state index contributed by atoms with van der Waals surface area (Å²) in [6, 6.07) is 18.2. The molecule has 1 N–H and O–H groups in total. The Bertz CT molecular complexity index is 879. The maximum atomic E-state index is 12.5. The highest BCUT2D eigenvalue weighted by Crippen LogP contribution is 2.22. The van der Waals surface area contributed by atoms with Gasteiger partial charge in [-0.2, -0.15) is 0 Å². The van der Waals surface area contributed by atoms with Crippen LogP contribution < -0.4 is 10.1 Å². The second kappa shape index (κ2) is 7.81. The van der Waals surface area contributed by atoms with E-state index in [1.54, 1.807) is 30.5 Å². The summed E-state index contributed by atoms with van der Waals surface area (Å²) in [4.78, 5) is 16.7. The molecular formula is C20H17ClN2O2. The quantitative estimate of drug-likeness (QED) is 0.712. The molecule has 25 heavy (non-hydrogen) atoms. The number of anilines is 1. The highest BCUT2D eigenvalue weighted by Gasteiger charge is 2.13. The van der Waals surface area contributed by atoms with Crippen LogP contribution in [-0.2, 0) is 6.61 Å². The average molecular weight is 353 g/mol. The third-order valence-corrected chi connectivity index (χ3v) is 3.99. The number of hydrogen-bond donors (Lipinski definition) is 1. The van der Waals surface area contributed by atoms with Gasteiger partial charge in [0.1, 0.15) is 18.2 Å². The summed E-state index contributed by atoms with van der Waals surface area (Å²) in [6.45, 7) is 2.23. The Labute approximate surface area is 151 Å². The summed E-state index contributed by atoms with van der Waals surface area (Å²) >= 11 is 6.15. The van der Waals surface area contributed by atoms with Gasteiger partial charge in [0, 0.05) is 16.8 Å². The van der Waals surface area contributed by atoms with Crippen LogP contribution in [0.4, 0.5) is 5.82 Å². The van der Waals surface area contributed by atoms with Crippen molar-refractivity contribution < 1.29 is 9.53 Å². The van der Waals surface area contributed by atoms with Gasteiger partial charge < -0.3 is 10.1 Å². The lowest BCUT2D eigenvalue weighted by Gasteiger charge is -2.12. The molecule has 1 heterocycles. The van der Waals surface area contributed by atoms with Crippen molar-refractivity contribution in [3.63, 3.8) is 0 Å². The molecule has 2 aromatic carbocycles. The monoisotopic (exact) mass is 352 g/mol. The van der Waals surface area contributed by atoms with Gasteiger partial charge in [-0.05, 0) is 36.8 Å². The van der Waals surface area contributed by atoms with Crippen LogP contribution in [-0.4, -0.2) is 10.9 Å². The van der Waals surface area contributed by atoms with Crippen molar-refractivity contribution >= 4 is 23.3 Å². The second-order valence-electron chi connectivity index (χ2n) is 5.55. The van der Waals surface area contributed by atoms with Crippen LogP contribution in [0.2, 0.25) is 5.02 Å². The number of ether oxygens (including phenoxy) is 1. The first-order valence-electron chi connectivity index (χ1n) is 7.83. The smallest absolute Gasteiger partial charge is 0.260 e. The molecule has 0 radical (unpaired) electrons. The predicted octanol–water partition coefficient (Wildman–Crippen LogP) is 4.87. The molecule has 0 fully saturated rings. The van der Waals surface area contributed by atoms with Crippen molar-refractivity contribution in [2.24, 2.45) is 0 Å². The number of pyridine rings is 1. The minimum Gasteiger partial charge on any atom is -0.488 e. The molecule has 0 unspecified atom stereocenters. The SMILES string of the molecule is Cc1ccc(NC(=O)c2ccccc2OCc2ccccc2Cl)nc1. The minimum absolute atomic E-state index is 0.272. The van der Waals surface area contributed by atoms with E-state index in [0.29, 0.717) is 22.2 Å². The Hall–Kier alpha value is -2.85. The fourth-order valence-corrected chi connectivity index (χ4v) is 2.47. The Balaban J connectivity index is 1.75. The standard InChI is InChI=1S/C20H17ClN2O2/c1-14-10-11-19(22-12-14)23-20(24)16-7-3-5-9-18(16)25-13-15-6-2-4-8-17(15)21/h2-12H,13H2,1H3,(H,22,23,24). The number of carbonyl (C=O) groups excluding carboxylic acids is 1. The van der Waals surface area contributed by atoms with Crippen molar-refractivity contribution in [1.29, 1.82) is 0 Å². The van der Waals surface area contributed by atoms with E-state index in [0.717, 1.165) is 11.1 Å². The molecule has 3 aromatic rings. The first kappa shape index (κ1) is 17.0. The number of aryl methyl sites for hydroxylation is 1. The summed E-state index contributed by atoms with van der Waals surface area (Å²) in [5.41, 5.74) is 2.33. The van der Waals surface area contributed by atoms with Gasteiger partial charge in [-0.1, -0.05) is 48.0 Å². The number of nitrogens with zero attached hydrogens (tertiary/aromatic N) is 1. The summed E-state index contributed by atoms with van der Waals surface area (Å²) in [5.74, 6) is 0.717. The van der Waals surface area contributed by atoms with Gasteiger partial charge in [-0.3, -0.25) is 4.79 Å². The van der Waals surface area contributed by atoms with Gasteiger partial charge in [0.2, 0.25) is 0 Å². The zero-order valence-corrected chi connectivity index (χ0v) is 14.5. The summed E-state index contributed by atoms with van der Waals surface area (Å²) in [7, 11) is 0. The zero-order chi connectivity index (χ0) is 17.6. The van der Waals surface area contributed by atoms with E-state index < -0.39 is 0 Å². The van der Waals surface area contributed by atoms with Crippen LogP contribution >= 0.6 is 11.6 Å². The molecule has 0 aliphatic heterocycles. The van der Waals surface area contributed by atoms with Crippen molar-refractivity contribution in [3.8, 4) is 5.75 Å². The van der Waals surface area contributed by atoms with Gasteiger partial charge >= 0.3 is 0 Å². The number of amides is 1. The molecule has 0 aliphatic rings. The normalized spacial score (nSPS) is 10.3. The molecule has 3 rings (SSSR count). The van der Waals surface area contributed by atoms with Crippen LogP contribution in [0, 0.1) is 6.92 Å². The zero-order valence-electron chi connectivity index (χ0n) is 13.7. The Morgan fingerprint density at radius 1 is 1.08 bits per heavy atom. The maximum Gasteiger partial charge on any atom is 0.260 e. The third kappa shape index (κ3) is 4.37. The van der Waals surface area contributed by atoms with Crippen molar-refractivity contribution in [1.82, 2.24) is 4.98 Å². The minimum atomic E-state index is -0.272. The van der Waals surface area contributed by atoms with E-state index in [9.17, 15) is 4.79 Å². The lowest BCUT2D eigenvalue weighted by Crippen LogP contribution is -2.14. The summed E-state index contributed by atoms with van der Waals surface area (Å²) < 4.78 is 5.82. The lowest BCUT2D eigenvalue weighted by atomic mass is 10.2. The second-order valence-corrected chi connectivity index (χ2v) is 5.96. The molecule has 5 heteroatoms. The number of halogens is 1.